The van der Waals surface area contributed by atoms with E-state index in [1.807, 2.05) is 90.7 Å². The molecule has 2 aromatic rings. The van der Waals surface area contributed by atoms with Gasteiger partial charge in [-0.25, -0.2) is 9.36 Å². The fraction of sp³-hybridized carbons (Fsp3) is 0.471. The molecular formula is C51H61N2O11P. The van der Waals surface area contributed by atoms with Gasteiger partial charge in [0.05, 0.1) is 35.2 Å². The number of phosphoric acid groups is 1. The van der Waals surface area contributed by atoms with Crippen LogP contribution < -0.4 is 19.7 Å². The second-order valence-corrected chi connectivity index (χ2v) is 20.7. The number of carbonyl (C=O) groups is 3. The number of phosphoric ester groups is 1. The van der Waals surface area contributed by atoms with Gasteiger partial charge in [-0.3, -0.25) is 19.4 Å². The van der Waals surface area contributed by atoms with E-state index in [9.17, 15) is 19.1 Å². The van der Waals surface area contributed by atoms with Gasteiger partial charge in [-0.1, -0.05) is 67.5 Å². The molecule has 0 radical (unpaired) electrons. The van der Waals surface area contributed by atoms with Crippen molar-refractivity contribution in [3.63, 3.8) is 0 Å². The van der Waals surface area contributed by atoms with E-state index < -0.39 is 53.9 Å². The van der Waals surface area contributed by atoms with Gasteiger partial charge in [0, 0.05) is 70.7 Å². The molecule has 1 saturated heterocycles. The van der Waals surface area contributed by atoms with Crippen LogP contribution in [0.25, 0.3) is 17.5 Å². The van der Waals surface area contributed by atoms with E-state index in [0.29, 0.717) is 63.4 Å². The second-order valence-electron chi connectivity index (χ2n) is 19.5. The SMILES string of the molecule is COC(=O)/C(C)=C\CC12OC(C)(C)C(C)C13Oc1c(CC=C(C)C)c4c(c(OP(=O)(O)O)c1C1=C3C(C3=C(c5ccccc5C3=O)N1CCN)C(C)C2=O)C=CC(C)(CCC=C(C)C)O4. The Hall–Kier alpha value is -5.04. The Morgan fingerprint density at radius 1 is 0.954 bits per heavy atom. The van der Waals surface area contributed by atoms with Crippen molar-refractivity contribution in [1.82, 2.24) is 4.90 Å². The standard InChI is InChI=1S/C51H61N2O11P/c1-27(2)15-14-22-49(10)23-21-35-43(61-49)34(19-18-28(3)4)44-38(45(35)63-65(57,58)59)41-39-36(37-40(53(41)26-25-52)32-16-12-13-17-33(32)42(37)54)30(6)46(55)50(24-20-29(5)47(56)60-11)51(39,62-44)31(7)48(8,9)64-50/h12-13,15-18,20-21,23,30-31,36H,14,19,22,24-26,52H2,1-11H3,(H2,57,58,59)/b29-20-. The first kappa shape index (κ1) is 46.5. The highest BCUT2D eigenvalue weighted by Gasteiger charge is 2.79. The quantitative estimate of drug-likeness (QED) is 0.0795. The number of hydrogen-bond acceptors (Lipinski definition) is 11. The minimum absolute atomic E-state index is 0.104. The number of allylic oxidation sites excluding steroid dienone is 5. The number of Topliss-reactive ketones (excluding diaryl/α,β-unsaturated/α-hetero) is 2. The lowest BCUT2D eigenvalue weighted by Gasteiger charge is -2.59. The van der Waals surface area contributed by atoms with Crippen LogP contribution in [0.3, 0.4) is 0 Å². The number of fused-ring (bicyclic) bond motifs is 6. The van der Waals surface area contributed by atoms with Gasteiger partial charge >= 0.3 is 13.8 Å². The highest BCUT2D eigenvalue weighted by Crippen LogP contribution is 2.71. The van der Waals surface area contributed by atoms with Crippen LogP contribution in [0.1, 0.15) is 121 Å². The van der Waals surface area contributed by atoms with Gasteiger partial charge < -0.3 is 34.1 Å². The zero-order chi connectivity index (χ0) is 47.3. The fourth-order valence-corrected chi connectivity index (χ4v) is 11.6. The Morgan fingerprint density at radius 3 is 2.26 bits per heavy atom. The van der Waals surface area contributed by atoms with Crippen LogP contribution in [0.2, 0.25) is 0 Å². The number of esters is 1. The summed E-state index contributed by atoms with van der Waals surface area (Å²) in [5.74, 6) is -3.20. The average Bonchev–Trinajstić information content (AvgIpc) is 3.62. The molecule has 8 rings (SSSR count). The summed E-state index contributed by atoms with van der Waals surface area (Å²) in [4.78, 5) is 67.6. The molecule has 2 aliphatic carbocycles. The van der Waals surface area contributed by atoms with Crippen molar-refractivity contribution in [1.29, 1.82) is 0 Å². The third-order valence-corrected chi connectivity index (χ3v) is 14.8. The van der Waals surface area contributed by atoms with Crippen LogP contribution in [-0.4, -0.2) is 74.8 Å². The van der Waals surface area contributed by atoms with Gasteiger partial charge in [0.25, 0.3) is 0 Å². The van der Waals surface area contributed by atoms with Crippen molar-refractivity contribution < 1.29 is 52.2 Å². The number of benzene rings is 2. The molecule has 0 amide bonds. The average molecular weight is 909 g/mol. The predicted octanol–water partition coefficient (Wildman–Crippen LogP) is 8.83. The number of nitrogens with zero attached hydrogens (tertiary/aromatic N) is 1. The molecule has 4 aliphatic heterocycles. The highest BCUT2D eigenvalue weighted by molar-refractivity contribution is 7.46. The van der Waals surface area contributed by atoms with E-state index in [2.05, 4.69) is 6.08 Å². The number of nitrogens with two attached hydrogens (primary N) is 1. The van der Waals surface area contributed by atoms with Crippen molar-refractivity contribution >= 4 is 42.8 Å². The van der Waals surface area contributed by atoms with Gasteiger partial charge in [0.2, 0.25) is 0 Å². The van der Waals surface area contributed by atoms with E-state index >= 15 is 9.59 Å². The molecule has 65 heavy (non-hydrogen) atoms. The Balaban J connectivity index is 1.57. The Labute approximate surface area is 381 Å². The molecule has 0 aromatic heterocycles. The molecule has 1 saturated carbocycles. The molecule has 2 aromatic carbocycles. The van der Waals surface area contributed by atoms with E-state index in [0.717, 1.165) is 11.1 Å². The summed E-state index contributed by atoms with van der Waals surface area (Å²) in [7, 11) is -4.04. The summed E-state index contributed by atoms with van der Waals surface area (Å²) in [6.45, 7) is 19.4. The maximum atomic E-state index is 16.0. The molecule has 2 fully saturated rings. The number of rotatable bonds is 12. The molecule has 0 bridgehead atoms. The molecule has 4 N–H and O–H groups in total. The summed E-state index contributed by atoms with van der Waals surface area (Å²) in [6, 6.07) is 7.30. The monoisotopic (exact) mass is 908 g/mol. The lowest BCUT2D eigenvalue weighted by Crippen LogP contribution is -2.71. The first-order valence-corrected chi connectivity index (χ1v) is 23.9. The van der Waals surface area contributed by atoms with Crippen molar-refractivity contribution in [2.75, 3.05) is 20.2 Å². The second kappa shape index (κ2) is 16.1. The molecular weight excluding hydrogens is 848 g/mol. The maximum Gasteiger partial charge on any atom is 0.524 e. The van der Waals surface area contributed by atoms with Gasteiger partial charge in [-0.05, 0) is 86.8 Å². The Kier molecular flexibility index (Phi) is 11.5. The minimum atomic E-state index is -5.33. The van der Waals surface area contributed by atoms with E-state index in [4.69, 9.17) is 29.2 Å². The number of carbonyl (C=O) groups excluding carboxylic acids is 3. The zero-order valence-electron chi connectivity index (χ0n) is 39.2. The van der Waals surface area contributed by atoms with E-state index in [-0.39, 0.29) is 60.1 Å². The van der Waals surface area contributed by atoms with Crippen molar-refractivity contribution in [2.24, 2.45) is 23.5 Å². The molecule has 6 unspecified atom stereocenters. The first-order valence-electron chi connectivity index (χ1n) is 22.4. The molecule has 6 atom stereocenters. The van der Waals surface area contributed by atoms with Gasteiger partial charge in [0.1, 0.15) is 17.1 Å². The number of hydrogen-bond donors (Lipinski definition) is 3. The maximum absolute atomic E-state index is 16.0. The number of methoxy groups -OCH3 is 1. The topological polar surface area (TPSA) is 184 Å². The number of ether oxygens (including phenoxy) is 4. The van der Waals surface area contributed by atoms with Crippen molar-refractivity contribution in [3.05, 3.63) is 104 Å². The first-order chi connectivity index (χ1) is 30.5. The Bertz CT molecular complexity index is 2670. The van der Waals surface area contributed by atoms with Crippen LogP contribution in [-0.2, 0) is 30.0 Å². The molecule has 13 nitrogen and oxygen atoms in total. The van der Waals surface area contributed by atoms with E-state index in [1.54, 1.807) is 32.1 Å². The predicted molar refractivity (Wildman–Crippen MR) is 248 cm³/mol. The highest BCUT2D eigenvalue weighted by atomic mass is 31.2. The van der Waals surface area contributed by atoms with Crippen LogP contribution >= 0.6 is 7.82 Å². The van der Waals surface area contributed by atoms with Gasteiger partial charge in [0.15, 0.2) is 28.5 Å². The lowest BCUT2D eigenvalue weighted by molar-refractivity contribution is -0.176. The van der Waals surface area contributed by atoms with E-state index in [1.165, 1.54) is 7.11 Å². The summed E-state index contributed by atoms with van der Waals surface area (Å²) in [5, 5.41) is 0. The minimum Gasteiger partial charge on any atom is -0.482 e. The molecule has 4 heterocycles. The lowest BCUT2D eigenvalue weighted by atomic mass is 9.51. The molecule has 14 heteroatoms. The molecule has 6 aliphatic rings. The normalized spacial score (nSPS) is 28.0. The largest absolute Gasteiger partial charge is 0.524 e. The van der Waals surface area contributed by atoms with Crippen molar-refractivity contribution in [2.45, 2.75) is 117 Å². The summed E-state index contributed by atoms with van der Waals surface area (Å²) >= 11 is 0. The van der Waals surface area contributed by atoms with Crippen molar-refractivity contribution in [3.8, 4) is 17.2 Å². The van der Waals surface area contributed by atoms with Crippen LogP contribution in [0.4, 0.5) is 0 Å². The fourth-order valence-electron chi connectivity index (χ4n) is 11.2. The van der Waals surface area contributed by atoms with Gasteiger partial charge in [-0.2, -0.15) is 0 Å². The van der Waals surface area contributed by atoms with Crippen LogP contribution in [0, 0.1) is 17.8 Å². The van der Waals surface area contributed by atoms with Crippen LogP contribution in [0.5, 0.6) is 17.2 Å². The van der Waals surface area contributed by atoms with Crippen LogP contribution in [0.15, 0.2) is 76.4 Å². The summed E-state index contributed by atoms with van der Waals surface area (Å²) < 4.78 is 46.5. The molecule has 1 spiro atoms. The summed E-state index contributed by atoms with van der Waals surface area (Å²) in [5.41, 5.74) is 7.72. The van der Waals surface area contributed by atoms with Gasteiger partial charge in [-0.15, -0.1) is 0 Å². The Morgan fingerprint density at radius 2 is 1.63 bits per heavy atom. The molecule has 346 valence electrons. The third-order valence-electron chi connectivity index (χ3n) is 14.3. The number of ketones is 2. The third kappa shape index (κ3) is 7.03. The zero-order valence-corrected chi connectivity index (χ0v) is 40.1. The summed E-state index contributed by atoms with van der Waals surface area (Å²) in [6.07, 6.45) is 10.9. The smallest absolute Gasteiger partial charge is 0.482 e.